The highest BCUT2D eigenvalue weighted by Crippen LogP contribution is 2.41. The number of rotatable bonds is 8. The average molecular weight is 559 g/mol. The van der Waals surface area contributed by atoms with Crippen molar-refractivity contribution in [2.45, 2.75) is 17.7 Å². The Balaban J connectivity index is 1.96. The molecule has 34 heavy (non-hydrogen) atoms. The average Bonchev–Trinajstić information content (AvgIpc) is 2.74. The van der Waals surface area contributed by atoms with Crippen LogP contribution in [0.3, 0.4) is 0 Å². The van der Waals surface area contributed by atoms with Gasteiger partial charge in [0.25, 0.3) is 21.4 Å². The Morgan fingerprint density at radius 3 is 2.38 bits per heavy atom. The van der Waals surface area contributed by atoms with Gasteiger partial charge in [-0.15, -0.1) is 0 Å². The van der Waals surface area contributed by atoms with Crippen LogP contribution >= 0.6 is 33.9 Å². The van der Waals surface area contributed by atoms with Crippen LogP contribution in [0.2, 0.25) is 10.0 Å². The third-order valence-corrected chi connectivity index (χ3v) is 5.99. The van der Waals surface area contributed by atoms with Crippen LogP contribution < -0.4 is 14.5 Å². The third kappa shape index (κ3) is 5.73. The van der Waals surface area contributed by atoms with Gasteiger partial charge in [0.15, 0.2) is 29.8 Å². The number of hydrogen-bond acceptors (Lipinski definition) is 9. The number of pyridine rings is 1. The van der Waals surface area contributed by atoms with Gasteiger partial charge < -0.3 is 14.2 Å². The van der Waals surface area contributed by atoms with Gasteiger partial charge in [-0.1, -0.05) is 23.2 Å². The number of carbonyl (C=O) groups is 2. The van der Waals surface area contributed by atoms with E-state index >= 15 is 0 Å². The molecule has 1 amide bonds. The molecule has 1 aliphatic rings. The summed E-state index contributed by atoms with van der Waals surface area (Å²) in [5, 5.41) is 3.56. The van der Waals surface area contributed by atoms with E-state index in [1.165, 1.54) is 7.11 Å². The lowest BCUT2D eigenvalue weighted by molar-refractivity contribution is -0.124. The van der Waals surface area contributed by atoms with Crippen LogP contribution in [0.5, 0.6) is 17.4 Å². The molecule has 16 heteroatoms. The zero-order valence-corrected chi connectivity index (χ0v) is 19.9. The fourth-order valence-corrected chi connectivity index (χ4v) is 4.15. The predicted octanol–water partition coefficient (Wildman–Crippen LogP) is 4.02. The van der Waals surface area contributed by atoms with Crippen LogP contribution in [-0.4, -0.2) is 51.1 Å². The van der Waals surface area contributed by atoms with Gasteiger partial charge in [-0.3, -0.25) is 9.59 Å². The number of methoxy groups -OCH3 is 1. The van der Waals surface area contributed by atoms with Crippen LogP contribution in [0.25, 0.3) is 0 Å². The molecule has 0 saturated carbocycles. The quantitative estimate of drug-likeness (QED) is 0.270. The number of nitrogens with zero attached hydrogens (tertiary/aromatic N) is 3. The van der Waals surface area contributed by atoms with Gasteiger partial charge in [0, 0.05) is 23.9 Å². The van der Waals surface area contributed by atoms with Crippen molar-refractivity contribution in [2.75, 3.05) is 18.9 Å². The zero-order chi connectivity index (χ0) is 25.2. The van der Waals surface area contributed by atoms with Crippen LogP contribution in [0.4, 0.5) is 14.5 Å². The summed E-state index contributed by atoms with van der Waals surface area (Å²) in [5.74, 6) is -2.68. The first-order chi connectivity index (χ1) is 15.9. The van der Waals surface area contributed by atoms with Gasteiger partial charge >= 0.3 is 0 Å². The Labute approximate surface area is 205 Å². The number of ketones is 1. The van der Waals surface area contributed by atoms with Crippen LogP contribution in [0.15, 0.2) is 34.4 Å². The number of hydrazone groups is 1. The molecule has 1 aromatic carbocycles. The fraction of sp³-hybridized carbons (Fsp3) is 0.222. The normalized spacial score (nSPS) is 14.4. The lowest BCUT2D eigenvalue weighted by Crippen LogP contribution is -2.39. The number of anilines is 1. The number of halogens is 5. The highest BCUT2D eigenvalue weighted by molar-refractivity contribution is 8.13. The summed E-state index contributed by atoms with van der Waals surface area (Å²) in [7, 11) is 2.47. The second kappa shape index (κ2) is 10.4. The topological polar surface area (TPSA) is 124 Å². The lowest BCUT2D eigenvalue weighted by atomic mass is 10.1. The van der Waals surface area contributed by atoms with Crippen molar-refractivity contribution in [1.82, 2.24) is 4.98 Å². The molecule has 0 aliphatic carbocycles. The molecular weight excluding hydrogens is 547 g/mol. The van der Waals surface area contributed by atoms with E-state index in [4.69, 9.17) is 48.1 Å². The summed E-state index contributed by atoms with van der Waals surface area (Å²) in [6.07, 6.45) is -2.98. The number of Topliss-reactive ketones (excluding diaryl/α,β-unsaturated/α-hetero) is 1. The third-order valence-electron chi connectivity index (χ3n) is 4.08. The molecule has 0 N–H and O–H groups in total. The maximum absolute atomic E-state index is 13.0. The molecule has 0 bridgehead atoms. The van der Waals surface area contributed by atoms with Crippen LogP contribution in [-0.2, 0) is 23.4 Å². The van der Waals surface area contributed by atoms with E-state index in [1.54, 1.807) is 0 Å². The van der Waals surface area contributed by atoms with Gasteiger partial charge in [0.2, 0.25) is 5.88 Å². The maximum atomic E-state index is 13.0. The van der Waals surface area contributed by atoms with Gasteiger partial charge in [0.05, 0.1) is 28.4 Å². The first kappa shape index (κ1) is 26.0. The van der Waals surface area contributed by atoms with Crippen molar-refractivity contribution in [2.24, 2.45) is 5.10 Å². The van der Waals surface area contributed by atoms with Crippen LogP contribution in [0, 0.1) is 0 Å². The van der Waals surface area contributed by atoms with Gasteiger partial charge in [-0.25, -0.2) is 22.2 Å². The minimum atomic E-state index is -4.29. The smallest absolute Gasteiger partial charge is 0.285 e. The first-order valence-electron chi connectivity index (χ1n) is 8.88. The Morgan fingerprint density at radius 1 is 1.18 bits per heavy atom. The molecule has 0 fully saturated rings. The molecule has 0 radical (unpaired) electrons. The Kier molecular flexibility index (Phi) is 7.93. The highest BCUT2D eigenvalue weighted by atomic mass is 35.7. The molecule has 10 nitrogen and oxygen atoms in total. The second-order valence-corrected chi connectivity index (χ2v) is 9.74. The molecule has 0 atom stereocenters. The lowest BCUT2D eigenvalue weighted by Gasteiger charge is -2.23. The molecular formula is C18H12Cl3F2N3O7S. The van der Waals surface area contributed by atoms with Crippen molar-refractivity contribution in [3.05, 3.63) is 34.4 Å². The summed E-state index contributed by atoms with van der Waals surface area (Å²) in [6.45, 7) is -0.281. The predicted molar refractivity (Wildman–Crippen MR) is 117 cm³/mol. The summed E-state index contributed by atoms with van der Waals surface area (Å²) in [6, 6.07) is 3.20. The van der Waals surface area contributed by atoms with Gasteiger partial charge in [-0.2, -0.15) is 10.1 Å². The Morgan fingerprint density at radius 2 is 1.82 bits per heavy atom. The molecule has 2 heterocycles. The van der Waals surface area contributed by atoms with E-state index in [0.717, 1.165) is 24.4 Å². The summed E-state index contributed by atoms with van der Waals surface area (Å²) in [5.41, 5.74) is -1.19. The highest BCUT2D eigenvalue weighted by Gasteiger charge is 2.34. The van der Waals surface area contributed by atoms with Crippen molar-refractivity contribution < 1.29 is 41.0 Å². The van der Waals surface area contributed by atoms with Gasteiger partial charge in [-0.05, 0) is 12.1 Å². The summed E-state index contributed by atoms with van der Waals surface area (Å²) in [4.78, 5) is 27.2. The summed E-state index contributed by atoms with van der Waals surface area (Å²) < 4.78 is 65.1. The van der Waals surface area contributed by atoms with E-state index in [0.29, 0.717) is 5.01 Å². The number of alkyl halides is 2. The van der Waals surface area contributed by atoms with E-state index in [9.17, 15) is 26.8 Å². The van der Waals surface area contributed by atoms with Crippen molar-refractivity contribution in [1.29, 1.82) is 0 Å². The van der Waals surface area contributed by atoms with Gasteiger partial charge in [0.1, 0.15) is 4.90 Å². The molecule has 0 spiro atoms. The standard InChI is InChI=1S/C18H12Cl3F2N3O7S/c1-31-7-32-12-6-24-14(5-13(12)34(21,29)30)33-17-9(19)2-8(3-10(17)20)26-15(28)4-11(27)16(25-26)18(22)23/h2-3,5-6,18H,4,7H2,1H3. The maximum Gasteiger partial charge on any atom is 0.285 e. The molecule has 2 aromatic rings. The van der Waals surface area contributed by atoms with E-state index in [1.807, 2.05) is 0 Å². The number of carbonyl (C=O) groups excluding carboxylic acids is 2. The van der Waals surface area contributed by atoms with Crippen molar-refractivity contribution in [3.63, 3.8) is 0 Å². The second-order valence-electron chi connectivity index (χ2n) is 6.39. The molecule has 0 saturated heterocycles. The number of aromatic nitrogens is 1. The molecule has 182 valence electrons. The zero-order valence-electron chi connectivity index (χ0n) is 16.8. The number of ether oxygens (including phenoxy) is 3. The van der Waals surface area contributed by atoms with Crippen molar-refractivity contribution >= 4 is 66.0 Å². The largest absolute Gasteiger partial charge is 0.465 e. The fourth-order valence-electron chi connectivity index (χ4n) is 2.64. The van der Waals surface area contributed by atoms with E-state index in [-0.39, 0.29) is 39.9 Å². The minimum absolute atomic E-state index is 0.113. The molecule has 1 aromatic heterocycles. The molecule has 3 rings (SSSR count). The molecule has 1 aliphatic heterocycles. The molecule has 0 unspecified atom stereocenters. The minimum Gasteiger partial charge on any atom is -0.465 e. The number of amides is 1. The number of hydrogen-bond donors (Lipinski definition) is 0. The number of benzene rings is 1. The van der Waals surface area contributed by atoms with E-state index < -0.39 is 44.2 Å². The SMILES string of the molecule is COCOc1cnc(Oc2c(Cl)cc(N3N=C(C(F)F)C(=O)CC3=O)cc2Cl)cc1S(=O)(=O)Cl. The van der Waals surface area contributed by atoms with E-state index in [2.05, 4.69) is 10.1 Å². The Hall–Kier alpha value is -2.58. The Bertz CT molecular complexity index is 1270. The summed E-state index contributed by atoms with van der Waals surface area (Å²) >= 11 is 12.4. The monoisotopic (exact) mass is 557 g/mol. The first-order valence-corrected chi connectivity index (χ1v) is 11.9. The van der Waals surface area contributed by atoms with Crippen LogP contribution in [0.1, 0.15) is 6.42 Å². The van der Waals surface area contributed by atoms with Crippen molar-refractivity contribution in [3.8, 4) is 17.4 Å².